The van der Waals surface area contributed by atoms with Crippen LogP contribution in [0.1, 0.15) is 40.0 Å². The zero-order valence-electron chi connectivity index (χ0n) is 22.7. The quantitative estimate of drug-likeness (QED) is 0.344. The molecule has 1 aliphatic heterocycles. The molecule has 5 rings (SSSR count). The second-order valence-electron chi connectivity index (χ2n) is 9.28. The first-order valence-electron chi connectivity index (χ1n) is 12.6. The molecule has 1 aliphatic carbocycles. The Kier molecular flexibility index (Phi) is 7.08. The highest BCUT2D eigenvalue weighted by Gasteiger charge is 2.37. The number of carbonyl (C=O) groups excluding carboxylic acids is 1. The molecule has 0 bridgehead atoms. The van der Waals surface area contributed by atoms with Crippen LogP contribution in [0, 0.1) is 0 Å². The van der Waals surface area contributed by atoms with Crippen molar-refractivity contribution in [3.63, 3.8) is 0 Å². The molecule has 1 unspecified atom stereocenters. The minimum absolute atomic E-state index is 0.207. The maximum absolute atomic E-state index is 11.9. The molecule has 0 N–H and O–H groups in total. The molecule has 1 atom stereocenters. The molecule has 3 aromatic carbocycles. The number of rotatable bonds is 9. The van der Waals surface area contributed by atoms with Gasteiger partial charge in [-0.2, -0.15) is 0 Å². The Morgan fingerprint density at radius 2 is 1.45 bits per heavy atom. The van der Waals surface area contributed by atoms with Gasteiger partial charge in [0.05, 0.1) is 41.1 Å². The van der Waals surface area contributed by atoms with Crippen LogP contribution in [0.15, 0.2) is 30.3 Å². The van der Waals surface area contributed by atoms with Crippen molar-refractivity contribution in [3.05, 3.63) is 52.6 Å². The molecular weight excluding hydrogens is 486 g/mol. The third-order valence-electron chi connectivity index (χ3n) is 7.58. The molecule has 200 valence electrons. The summed E-state index contributed by atoms with van der Waals surface area (Å²) >= 11 is 0. The van der Waals surface area contributed by atoms with Crippen LogP contribution in [-0.2, 0) is 12.8 Å². The average Bonchev–Trinajstić information content (AvgIpc) is 2.96. The highest BCUT2D eigenvalue weighted by atomic mass is 16.5. The fourth-order valence-corrected chi connectivity index (χ4v) is 5.76. The second kappa shape index (κ2) is 10.5. The molecule has 0 spiro atoms. The van der Waals surface area contributed by atoms with E-state index in [0.717, 1.165) is 54.7 Å². The van der Waals surface area contributed by atoms with Gasteiger partial charge in [-0.3, -0.25) is 9.69 Å². The molecule has 1 heterocycles. The van der Waals surface area contributed by atoms with Gasteiger partial charge in [0.15, 0.2) is 40.8 Å². The average molecular weight is 520 g/mol. The summed E-state index contributed by atoms with van der Waals surface area (Å²) < 4.78 is 34.6. The van der Waals surface area contributed by atoms with Crippen molar-refractivity contribution < 1.29 is 33.2 Å². The molecule has 0 aromatic heterocycles. The van der Waals surface area contributed by atoms with Gasteiger partial charge in [0, 0.05) is 24.2 Å². The zero-order chi connectivity index (χ0) is 27.0. The molecule has 2 aliphatic rings. The molecule has 0 saturated heterocycles. The monoisotopic (exact) mass is 519 g/mol. The van der Waals surface area contributed by atoms with E-state index < -0.39 is 0 Å². The Labute approximate surface area is 223 Å². The first kappa shape index (κ1) is 25.7. The van der Waals surface area contributed by atoms with Crippen LogP contribution in [-0.4, -0.2) is 59.8 Å². The summed E-state index contributed by atoms with van der Waals surface area (Å²) in [5.74, 6) is 3.74. The van der Waals surface area contributed by atoms with Crippen molar-refractivity contribution in [3.8, 4) is 51.4 Å². The summed E-state index contributed by atoms with van der Waals surface area (Å²) in [6.07, 6.45) is 2.50. The summed E-state index contributed by atoms with van der Waals surface area (Å²) in [6, 6.07) is 9.57. The van der Waals surface area contributed by atoms with E-state index in [-0.39, 0.29) is 6.04 Å². The third kappa shape index (κ3) is 4.09. The van der Waals surface area contributed by atoms with E-state index in [1.54, 1.807) is 40.6 Å². The number of hydrogen-bond acceptors (Lipinski definition) is 8. The van der Waals surface area contributed by atoms with Crippen molar-refractivity contribution in [1.29, 1.82) is 0 Å². The molecule has 0 saturated carbocycles. The fourth-order valence-electron chi connectivity index (χ4n) is 5.76. The number of nitrogens with zero attached hydrogens (tertiary/aromatic N) is 1. The van der Waals surface area contributed by atoms with Gasteiger partial charge < -0.3 is 28.4 Å². The van der Waals surface area contributed by atoms with Gasteiger partial charge in [-0.15, -0.1) is 0 Å². The lowest BCUT2D eigenvalue weighted by Gasteiger charge is -2.42. The number of fused-ring (bicyclic) bond motifs is 2. The molecule has 3 aromatic rings. The summed E-state index contributed by atoms with van der Waals surface area (Å²) in [4.78, 5) is 14.4. The summed E-state index contributed by atoms with van der Waals surface area (Å²) in [6.45, 7) is 4.12. The van der Waals surface area contributed by atoms with Gasteiger partial charge in [-0.05, 0) is 65.9 Å². The third-order valence-corrected chi connectivity index (χ3v) is 7.58. The first-order chi connectivity index (χ1) is 18.5. The van der Waals surface area contributed by atoms with Crippen LogP contribution in [0.25, 0.3) is 11.1 Å². The van der Waals surface area contributed by atoms with Crippen molar-refractivity contribution in [1.82, 2.24) is 4.90 Å². The molecule has 0 radical (unpaired) electrons. The molecular formula is C30H33NO7. The molecule has 8 nitrogen and oxygen atoms in total. The predicted octanol–water partition coefficient (Wildman–Crippen LogP) is 5.48. The van der Waals surface area contributed by atoms with Gasteiger partial charge in [0.25, 0.3) is 0 Å². The van der Waals surface area contributed by atoms with Crippen LogP contribution in [0.3, 0.4) is 0 Å². The van der Waals surface area contributed by atoms with Crippen LogP contribution in [0.2, 0.25) is 0 Å². The number of benzene rings is 3. The molecule has 0 fully saturated rings. The summed E-state index contributed by atoms with van der Waals surface area (Å²) in [5.41, 5.74) is 6.09. The maximum atomic E-state index is 11.9. The van der Waals surface area contributed by atoms with Crippen LogP contribution >= 0.6 is 0 Å². The zero-order valence-corrected chi connectivity index (χ0v) is 22.7. The number of methoxy groups -OCH3 is 5. The smallest absolute Gasteiger partial charge is 0.169 e. The highest BCUT2D eigenvalue weighted by Crippen LogP contribution is 2.54. The van der Waals surface area contributed by atoms with E-state index in [1.807, 2.05) is 12.1 Å². The van der Waals surface area contributed by atoms with Gasteiger partial charge in [0.1, 0.15) is 5.75 Å². The highest BCUT2D eigenvalue weighted by molar-refractivity contribution is 5.85. The Bertz CT molecular complexity index is 1380. The van der Waals surface area contributed by atoms with E-state index in [4.69, 9.17) is 28.4 Å². The van der Waals surface area contributed by atoms with E-state index in [9.17, 15) is 4.79 Å². The van der Waals surface area contributed by atoms with Crippen LogP contribution in [0.5, 0.6) is 40.2 Å². The van der Waals surface area contributed by atoms with E-state index in [1.165, 1.54) is 18.2 Å². The van der Waals surface area contributed by atoms with Crippen molar-refractivity contribution >= 4 is 6.29 Å². The molecule has 38 heavy (non-hydrogen) atoms. The standard InChI is InChI=1S/C30H33NO7/c1-7-31-9-8-17-11-27(36-5)30(37-6)29-20-14-24(34-3)26(12-18(20)10-21(31)28(17)29)38-22-15-25(35-4)23(33-2)13-19(22)16-32/h11-16,21H,7-10H2,1-6H3. The number of carbonyl (C=O) groups is 1. The lowest BCUT2D eigenvalue weighted by atomic mass is 9.76. The van der Waals surface area contributed by atoms with Crippen LogP contribution < -0.4 is 28.4 Å². The largest absolute Gasteiger partial charge is 0.493 e. The Balaban J connectivity index is 1.69. The molecule has 0 amide bonds. The normalized spacial score (nSPS) is 15.7. The Morgan fingerprint density at radius 1 is 0.789 bits per heavy atom. The van der Waals surface area contributed by atoms with E-state index >= 15 is 0 Å². The van der Waals surface area contributed by atoms with Crippen molar-refractivity contribution in [2.24, 2.45) is 0 Å². The lowest BCUT2D eigenvalue weighted by Crippen LogP contribution is -2.38. The lowest BCUT2D eigenvalue weighted by molar-refractivity contribution is 0.112. The Hall–Kier alpha value is -3.91. The van der Waals surface area contributed by atoms with Gasteiger partial charge >= 0.3 is 0 Å². The van der Waals surface area contributed by atoms with Crippen molar-refractivity contribution in [2.45, 2.75) is 25.8 Å². The maximum Gasteiger partial charge on any atom is 0.169 e. The Morgan fingerprint density at radius 3 is 2.08 bits per heavy atom. The topological polar surface area (TPSA) is 75.7 Å². The SMILES string of the molecule is CCN1CCc2cc(OC)c(OC)c3c2C1Cc1cc(Oc2cc(OC)c(OC)cc2C=O)c(OC)cc1-3. The van der Waals surface area contributed by atoms with Crippen LogP contribution in [0.4, 0.5) is 0 Å². The summed E-state index contributed by atoms with van der Waals surface area (Å²) in [5, 5.41) is 0. The minimum atomic E-state index is 0.207. The van der Waals surface area contributed by atoms with E-state index in [0.29, 0.717) is 40.1 Å². The van der Waals surface area contributed by atoms with E-state index in [2.05, 4.69) is 17.9 Å². The minimum Gasteiger partial charge on any atom is -0.493 e. The number of aldehydes is 1. The molecule has 8 heteroatoms. The van der Waals surface area contributed by atoms with Gasteiger partial charge in [-0.1, -0.05) is 6.92 Å². The second-order valence-corrected chi connectivity index (χ2v) is 9.28. The van der Waals surface area contributed by atoms with Crippen molar-refractivity contribution in [2.75, 3.05) is 48.6 Å². The van der Waals surface area contributed by atoms with Gasteiger partial charge in [-0.25, -0.2) is 0 Å². The number of ether oxygens (including phenoxy) is 6. The number of likely N-dealkylation sites (N-methyl/N-ethyl adjacent to an activating group) is 1. The summed E-state index contributed by atoms with van der Waals surface area (Å²) in [7, 11) is 8.02. The first-order valence-corrected chi connectivity index (χ1v) is 12.6. The number of hydrogen-bond donors (Lipinski definition) is 0. The predicted molar refractivity (Wildman–Crippen MR) is 144 cm³/mol. The van der Waals surface area contributed by atoms with Gasteiger partial charge in [0.2, 0.25) is 0 Å². The fraction of sp³-hybridized carbons (Fsp3) is 0.367.